The van der Waals surface area contributed by atoms with Crippen molar-refractivity contribution in [2.24, 2.45) is 0 Å². The van der Waals surface area contributed by atoms with E-state index in [1.807, 2.05) is 20.8 Å². The Morgan fingerprint density at radius 2 is 2.18 bits per heavy atom. The van der Waals surface area contributed by atoms with E-state index in [4.69, 9.17) is 11.6 Å². The topological polar surface area (TPSA) is 47.8 Å². The molecule has 0 radical (unpaired) electrons. The quantitative estimate of drug-likeness (QED) is 0.805. The molecule has 0 fully saturated rings. The van der Waals surface area contributed by atoms with Gasteiger partial charge in [-0.05, 0) is 32.9 Å². The predicted octanol–water partition coefficient (Wildman–Crippen LogP) is 3.05. The average Bonchev–Trinajstić information content (AvgIpc) is 2.83. The van der Waals surface area contributed by atoms with Crippen molar-refractivity contribution in [3.05, 3.63) is 33.0 Å². The van der Waals surface area contributed by atoms with E-state index in [-0.39, 0.29) is 11.8 Å². The first kappa shape index (κ1) is 12.3. The number of halogens is 1. The summed E-state index contributed by atoms with van der Waals surface area (Å²) in [5, 5.41) is 4.22. The molecule has 0 N–H and O–H groups in total. The fraction of sp³-hybridized carbons (Fsp3) is 0.364. The van der Waals surface area contributed by atoms with Crippen molar-refractivity contribution in [1.82, 2.24) is 14.8 Å². The van der Waals surface area contributed by atoms with Gasteiger partial charge in [0, 0.05) is 0 Å². The average molecular weight is 270 g/mol. The van der Waals surface area contributed by atoms with Gasteiger partial charge in [-0.2, -0.15) is 5.10 Å². The van der Waals surface area contributed by atoms with Crippen molar-refractivity contribution < 1.29 is 4.79 Å². The Labute approximate surface area is 108 Å². The highest BCUT2D eigenvalue weighted by atomic mass is 35.5. The number of hydrogen-bond donors (Lipinski definition) is 0. The van der Waals surface area contributed by atoms with E-state index in [2.05, 4.69) is 10.1 Å². The van der Waals surface area contributed by atoms with Crippen molar-refractivity contribution in [3.63, 3.8) is 0 Å². The second-order valence-electron chi connectivity index (χ2n) is 3.79. The van der Waals surface area contributed by atoms with Crippen LogP contribution in [0.1, 0.15) is 34.3 Å². The van der Waals surface area contributed by atoms with Crippen molar-refractivity contribution >= 4 is 28.7 Å². The second-order valence-corrected chi connectivity index (χ2v) is 5.51. The molecule has 1 unspecified atom stereocenters. The molecular weight excluding hydrogens is 258 g/mol. The lowest BCUT2D eigenvalue weighted by Gasteiger charge is -2.10. The van der Waals surface area contributed by atoms with Crippen LogP contribution >= 0.6 is 22.9 Å². The number of hydrogen-bond acceptors (Lipinski definition) is 4. The van der Waals surface area contributed by atoms with Crippen molar-refractivity contribution in [2.45, 2.75) is 26.8 Å². The van der Waals surface area contributed by atoms with Crippen molar-refractivity contribution in [3.8, 4) is 0 Å². The van der Waals surface area contributed by atoms with Crippen LogP contribution in [0.25, 0.3) is 0 Å². The molecular formula is C11H12ClN3OS. The first-order valence-corrected chi connectivity index (χ1v) is 6.38. The maximum atomic E-state index is 12.2. The molecule has 4 nitrogen and oxygen atoms in total. The Morgan fingerprint density at radius 1 is 1.47 bits per heavy atom. The van der Waals surface area contributed by atoms with Gasteiger partial charge >= 0.3 is 0 Å². The number of aryl methyl sites for hydroxylation is 2. The van der Waals surface area contributed by atoms with Gasteiger partial charge in [0.2, 0.25) is 0 Å². The van der Waals surface area contributed by atoms with E-state index in [0.29, 0.717) is 15.0 Å². The molecule has 0 bridgehead atoms. The molecule has 0 aliphatic carbocycles. The Bertz CT molecular complexity index is 561. The number of Topliss-reactive ketones (excluding diaryl/α,β-unsaturated/α-hetero) is 1. The molecule has 17 heavy (non-hydrogen) atoms. The van der Waals surface area contributed by atoms with Gasteiger partial charge in [-0.15, -0.1) is 11.3 Å². The summed E-state index contributed by atoms with van der Waals surface area (Å²) in [5.74, 6) is 1.42. The maximum absolute atomic E-state index is 12.2. The lowest BCUT2D eigenvalue weighted by atomic mass is 10.2. The minimum Gasteiger partial charge on any atom is -0.291 e. The Morgan fingerprint density at radius 3 is 2.65 bits per heavy atom. The third-order valence-electron chi connectivity index (χ3n) is 2.47. The number of rotatable bonds is 3. The lowest BCUT2D eigenvalue weighted by molar-refractivity contribution is 0.0930. The van der Waals surface area contributed by atoms with Crippen LogP contribution in [-0.2, 0) is 0 Å². The highest BCUT2D eigenvalue weighted by Gasteiger charge is 2.21. The first-order valence-electron chi connectivity index (χ1n) is 5.18. The van der Waals surface area contributed by atoms with Crippen LogP contribution in [0, 0.1) is 13.8 Å². The molecule has 2 heterocycles. The first-order chi connectivity index (χ1) is 7.99. The third-order valence-corrected chi connectivity index (χ3v) is 3.72. The fourth-order valence-corrected chi connectivity index (χ4v) is 2.73. The molecule has 2 rings (SSSR count). The van der Waals surface area contributed by atoms with E-state index < -0.39 is 0 Å². The summed E-state index contributed by atoms with van der Waals surface area (Å²) in [6.45, 7) is 5.46. The van der Waals surface area contributed by atoms with Crippen molar-refractivity contribution in [1.29, 1.82) is 0 Å². The van der Waals surface area contributed by atoms with Gasteiger partial charge in [-0.3, -0.25) is 4.79 Å². The van der Waals surface area contributed by atoms with E-state index in [0.717, 1.165) is 5.82 Å². The van der Waals surface area contributed by atoms with Gasteiger partial charge < -0.3 is 0 Å². The van der Waals surface area contributed by atoms with Crippen molar-refractivity contribution in [2.75, 3.05) is 0 Å². The Hall–Kier alpha value is -1.20. The molecule has 2 aromatic rings. The minimum absolute atomic E-state index is 0.00917. The molecule has 1 atom stereocenters. The molecule has 0 aliphatic heterocycles. The molecule has 6 heteroatoms. The summed E-state index contributed by atoms with van der Waals surface area (Å²) >= 11 is 7.11. The van der Waals surface area contributed by atoms with E-state index in [9.17, 15) is 4.79 Å². The molecule has 0 saturated heterocycles. The minimum atomic E-state index is -0.356. The number of carbonyl (C=O) groups is 1. The molecule has 2 aromatic heterocycles. The SMILES string of the molecule is Cc1nc(C)n(C(C)C(=O)c2ccc(Cl)s2)n1. The zero-order valence-corrected chi connectivity index (χ0v) is 11.3. The van der Waals surface area contributed by atoms with Gasteiger partial charge in [-0.25, -0.2) is 9.67 Å². The van der Waals surface area contributed by atoms with Crippen LogP contribution in [0.5, 0.6) is 0 Å². The third kappa shape index (κ3) is 2.40. The smallest absolute Gasteiger partial charge is 0.197 e. The van der Waals surface area contributed by atoms with Gasteiger partial charge in [0.1, 0.15) is 17.7 Å². The highest BCUT2D eigenvalue weighted by Crippen LogP contribution is 2.25. The summed E-state index contributed by atoms with van der Waals surface area (Å²) in [5.41, 5.74) is 0. The molecule has 90 valence electrons. The largest absolute Gasteiger partial charge is 0.291 e. The van der Waals surface area contributed by atoms with E-state index >= 15 is 0 Å². The predicted molar refractivity (Wildman–Crippen MR) is 67.9 cm³/mol. The molecule has 0 spiro atoms. The van der Waals surface area contributed by atoms with Gasteiger partial charge in [0.25, 0.3) is 0 Å². The van der Waals surface area contributed by atoms with Crippen LogP contribution in [0.2, 0.25) is 4.34 Å². The maximum Gasteiger partial charge on any atom is 0.197 e. The molecule has 0 aromatic carbocycles. The number of aromatic nitrogens is 3. The zero-order chi connectivity index (χ0) is 12.6. The molecule has 0 amide bonds. The van der Waals surface area contributed by atoms with Crippen LogP contribution in [0.15, 0.2) is 12.1 Å². The standard InChI is InChI=1S/C11H12ClN3OS/c1-6(15-8(3)13-7(2)14-15)11(16)9-4-5-10(12)17-9/h4-6H,1-3H3. The molecule has 0 saturated carbocycles. The number of ketones is 1. The number of nitrogens with zero attached hydrogens (tertiary/aromatic N) is 3. The fourth-order valence-electron chi connectivity index (χ4n) is 1.67. The summed E-state index contributed by atoms with van der Waals surface area (Å²) in [6, 6.07) is 3.11. The Balaban J connectivity index is 2.29. The second kappa shape index (κ2) is 4.58. The van der Waals surface area contributed by atoms with Gasteiger partial charge in [0.15, 0.2) is 5.78 Å². The summed E-state index contributed by atoms with van der Waals surface area (Å²) in [4.78, 5) is 17.0. The normalized spacial score (nSPS) is 12.7. The van der Waals surface area contributed by atoms with Crippen LogP contribution < -0.4 is 0 Å². The Kier molecular flexibility index (Phi) is 3.31. The number of carbonyl (C=O) groups excluding carboxylic acids is 1. The zero-order valence-electron chi connectivity index (χ0n) is 9.77. The van der Waals surface area contributed by atoms with Gasteiger partial charge in [0.05, 0.1) is 9.21 Å². The van der Waals surface area contributed by atoms with E-state index in [1.54, 1.807) is 16.8 Å². The van der Waals surface area contributed by atoms with Crippen LogP contribution in [0.3, 0.4) is 0 Å². The van der Waals surface area contributed by atoms with Crippen LogP contribution in [0.4, 0.5) is 0 Å². The van der Waals surface area contributed by atoms with E-state index in [1.165, 1.54) is 11.3 Å². The molecule has 0 aliphatic rings. The summed E-state index contributed by atoms with van der Waals surface area (Å²) in [7, 11) is 0. The van der Waals surface area contributed by atoms with Gasteiger partial charge in [-0.1, -0.05) is 11.6 Å². The highest BCUT2D eigenvalue weighted by molar-refractivity contribution is 7.18. The summed E-state index contributed by atoms with van der Waals surface area (Å²) in [6.07, 6.45) is 0. The number of thiophene rings is 1. The monoisotopic (exact) mass is 269 g/mol. The van der Waals surface area contributed by atoms with Crippen LogP contribution in [-0.4, -0.2) is 20.5 Å². The summed E-state index contributed by atoms with van der Waals surface area (Å²) < 4.78 is 2.26. The lowest BCUT2D eigenvalue weighted by Crippen LogP contribution is -2.18.